The smallest absolute Gasteiger partial charge is 0.327 e. The zero-order valence-electron chi connectivity index (χ0n) is 12.0. The summed E-state index contributed by atoms with van der Waals surface area (Å²) in [4.78, 5) is 16.0. The van der Waals surface area contributed by atoms with Crippen molar-refractivity contribution in [2.75, 3.05) is 26.0 Å². The number of halogens is 1. The maximum atomic E-state index is 12.3. The minimum atomic E-state index is -0.414. The molecule has 21 heavy (non-hydrogen) atoms. The van der Waals surface area contributed by atoms with Crippen molar-refractivity contribution in [3.05, 3.63) is 45.3 Å². The summed E-state index contributed by atoms with van der Waals surface area (Å²) in [7, 11) is 1.44. The Labute approximate surface area is 134 Å². The Morgan fingerprint density at radius 3 is 2.95 bits per heavy atom. The number of rotatable bonds is 3. The lowest BCUT2D eigenvalue weighted by Crippen LogP contribution is -2.39. The van der Waals surface area contributed by atoms with E-state index >= 15 is 0 Å². The van der Waals surface area contributed by atoms with Crippen LogP contribution >= 0.6 is 23.4 Å². The molecule has 0 radical (unpaired) electrons. The average Bonchev–Trinajstić information content (AvgIpc) is 2.97. The summed E-state index contributed by atoms with van der Waals surface area (Å²) in [5.74, 6) is 0.936. The lowest BCUT2D eigenvalue weighted by atomic mass is 10.0. The van der Waals surface area contributed by atoms with Crippen LogP contribution in [0.1, 0.15) is 24.4 Å². The summed E-state index contributed by atoms with van der Waals surface area (Å²) in [5.41, 5.74) is 2.31. The van der Waals surface area contributed by atoms with E-state index in [-0.39, 0.29) is 5.97 Å². The summed E-state index contributed by atoms with van der Waals surface area (Å²) < 4.78 is 5.03. The molecule has 1 atom stereocenters. The summed E-state index contributed by atoms with van der Waals surface area (Å²) in [6, 6.07) is 7.12. The van der Waals surface area contributed by atoms with Gasteiger partial charge in [-0.25, -0.2) is 4.79 Å². The number of carbonyl (C=O) groups is 1. The van der Waals surface area contributed by atoms with Gasteiger partial charge in [-0.1, -0.05) is 29.8 Å². The van der Waals surface area contributed by atoms with Gasteiger partial charge in [-0.15, -0.1) is 11.8 Å². The predicted molar refractivity (Wildman–Crippen MR) is 86.5 cm³/mol. The standard InChI is InChI=1S/C16H18ClNO2S/c1-20-16(19)15(12-4-2-3-5-13(12)17)18-8-6-14-11(10-18)7-9-21-14/h2-5,15H,6-10H2,1H3/t15-/m1/s1. The molecule has 0 saturated carbocycles. The number of hydrogen-bond donors (Lipinski definition) is 0. The van der Waals surface area contributed by atoms with Gasteiger partial charge in [0.2, 0.25) is 0 Å². The minimum absolute atomic E-state index is 0.238. The van der Waals surface area contributed by atoms with Gasteiger partial charge in [0.1, 0.15) is 6.04 Å². The molecule has 1 aromatic carbocycles. The molecule has 0 amide bonds. The van der Waals surface area contributed by atoms with Gasteiger partial charge in [-0.2, -0.15) is 0 Å². The van der Waals surface area contributed by atoms with Crippen molar-refractivity contribution in [2.45, 2.75) is 18.9 Å². The van der Waals surface area contributed by atoms with Gasteiger partial charge in [0.25, 0.3) is 0 Å². The second kappa shape index (κ2) is 6.42. The third-order valence-electron chi connectivity index (χ3n) is 4.08. The van der Waals surface area contributed by atoms with Crippen LogP contribution in [-0.2, 0) is 9.53 Å². The first-order chi connectivity index (χ1) is 10.2. The molecule has 2 aliphatic heterocycles. The van der Waals surface area contributed by atoms with E-state index in [4.69, 9.17) is 16.3 Å². The topological polar surface area (TPSA) is 29.5 Å². The van der Waals surface area contributed by atoms with Crippen molar-refractivity contribution in [3.8, 4) is 0 Å². The van der Waals surface area contributed by atoms with Crippen LogP contribution in [0, 0.1) is 0 Å². The van der Waals surface area contributed by atoms with Crippen LogP contribution in [-0.4, -0.2) is 36.8 Å². The highest BCUT2D eigenvalue weighted by atomic mass is 35.5. The van der Waals surface area contributed by atoms with Crippen molar-refractivity contribution >= 4 is 29.3 Å². The quantitative estimate of drug-likeness (QED) is 0.794. The van der Waals surface area contributed by atoms with Crippen LogP contribution in [0.15, 0.2) is 34.7 Å². The summed E-state index contributed by atoms with van der Waals surface area (Å²) >= 11 is 8.26. The van der Waals surface area contributed by atoms with Gasteiger partial charge < -0.3 is 4.74 Å². The number of thioether (sulfide) groups is 1. The van der Waals surface area contributed by atoms with Crippen LogP contribution < -0.4 is 0 Å². The van der Waals surface area contributed by atoms with Gasteiger partial charge in [-0.3, -0.25) is 4.90 Å². The monoisotopic (exact) mass is 323 g/mol. The lowest BCUT2D eigenvalue weighted by Gasteiger charge is -2.34. The van der Waals surface area contributed by atoms with E-state index in [0.717, 1.165) is 31.5 Å². The Morgan fingerprint density at radius 2 is 2.19 bits per heavy atom. The number of hydrogen-bond acceptors (Lipinski definition) is 4. The number of methoxy groups -OCH3 is 1. The molecule has 0 unspecified atom stereocenters. The Morgan fingerprint density at radius 1 is 1.38 bits per heavy atom. The van der Waals surface area contributed by atoms with Crippen LogP contribution in [0.2, 0.25) is 5.02 Å². The predicted octanol–water partition coefficient (Wildman–Crippen LogP) is 3.65. The molecule has 2 heterocycles. The number of nitrogens with zero attached hydrogens (tertiary/aromatic N) is 1. The Kier molecular flexibility index (Phi) is 4.57. The highest BCUT2D eigenvalue weighted by Crippen LogP contribution is 2.40. The number of carbonyl (C=O) groups excluding carboxylic acids is 1. The van der Waals surface area contributed by atoms with E-state index in [1.54, 1.807) is 0 Å². The first kappa shape index (κ1) is 14.9. The van der Waals surface area contributed by atoms with Crippen LogP contribution in [0.5, 0.6) is 0 Å². The molecule has 0 saturated heterocycles. The zero-order valence-corrected chi connectivity index (χ0v) is 13.5. The highest BCUT2D eigenvalue weighted by molar-refractivity contribution is 8.03. The summed E-state index contributed by atoms with van der Waals surface area (Å²) in [6.07, 6.45) is 2.16. The number of esters is 1. The van der Waals surface area contributed by atoms with Gasteiger partial charge in [0.05, 0.1) is 7.11 Å². The maximum Gasteiger partial charge on any atom is 0.327 e. The molecule has 3 rings (SSSR count). The van der Waals surface area contributed by atoms with Gasteiger partial charge >= 0.3 is 5.97 Å². The second-order valence-corrected chi connectivity index (χ2v) is 6.89. The molecular formula is C16H18ClNO2S. The summed E-state index contributed by atoms with van der Waals surface area (Å²) in [5, 5.41) is 0.619. The van der Waals surface area contributed by atoms with Crippen LogP contribution in [0.25, 0.3) is 0 Å². The first-order valence-electron chi connectivity index (χ1n) is 7.10. The van der Waals surface area contributed by atoms with E-state index in [9.17, 15) is 4.79 Å². The van der Waals surface area contributed by atoms with E-state index in [1.807, 2.05) is 36.0 Å². The molecule has 0 spiro atoms. The molecule has 3 nitrogen and oxygen atoms in total. The van der Waals surface area contributed by atoms with Gasteiger partial charge in [0, 0.05) is 23.9 Å². The Balaban J connectivity index is 1.90. The fourth-order valence-corrected chi connectivity index (χ4v) is 4.47. The number of ether oxygens (including phenoxy) is 1. The van der Waals surface area contributed by atoms with Gasteiger partial charge in [-0.05, 0) is 34.9 Å². The van der Waals surface area contributed by atoms with Crippen LogP contribution in [0.4, 0.5) is 0 Å². The molecule has 2 aliphatic rings. The minimum Gasteiger partial charge on any atom is -0.468 e. The van der Waals surface area contributed by atoms with E-state index in [2.05, 4.69) is 4.90 Å². The first-order valence-corrected chi connectivity index (χ1v) is 8.47. The number of benzene rings is 1. The third kappa shape index (κ3) is 2.98. The normalized spacial score (nSPS) is 20.3. The van der Waals surface area contributed by atoms with E-state index in [0.29, 0.717) is 5.02 Å². The average molecular weight is 324 g/mol. The van der Waals surface area contributed by atoms with Crippen molar-refractivity contribution in [1.29, 1.82) is 0 Å². The SMILES string of the molecule is COC(=O)[C@@H](c1ccccc1Cl)N1CCC2=C(CCS2)C1. The van der Waals surface area contributed by atoms with Crippen molar-refractivity contribution in [1.82, 2.24) is 4.90 Å². The molecule has 1 aromatic rings. The lowest BCUT2D eigenvalue weighted by molar-refractivity contribution is -0.147. The molecule has 0 aliphatic carbocycles. The fraction of sp³-hybridized carbons (Fsp3) is 0.438. The molecular weight excluding hydrogens is 306 g/mol. The maximum absolute atomic E-state index is 12.3. The van der Waals surface area contributed by atoms with E-state index < -0.39 is 6.04 Å². The third-order valence-corrected chi connectivity index (χ3v) is 5.68. The largest absolute Gasteiger partial charge is 0.468 e. The molecule has 112 valence electrons. The zero-order chi connectivity index (χ0) is 14.8. The fourth-order valence-electron chi connectivity index (χ4n) is 3.03. The van der Waals surface area contributed by atoms with E-state index in [1.165, 1.54) is 23.3 Å². The molecule has 0 bridgehead atoms. The molecule has 5 heteroatoms. The Bertz CT molecular complexity index is 587. The van der Waals surface area contributed by atoms with Crippen molar-refractivity contribution in [3.63, 3.8) is 0 Å². The second-order valence-electron chi connectivity index (χ2n) is 5.29. The Hall–Kier alpha value is -0.970. The van der Waals surface area contributed by atoms with Crippen molar-refractivity contribution < 1.29 is 9.53 Å². The molecule has 0 N–H and O–H groups in total. The van der Waals surface area contributed by atoms with Crippen LogP contribution in [0.3, 0.4) is 0 Å². The highest BCUT2D eigenvalue weighted by Gasteiger charge is 2.34. The molecule has 0 aromatic heterocycles. The van der Waals surface area contributed by atoms with Crippen molar-refractivity contribution in [2.24, 2.45) is 0 Å². The van der Waals surface area contributed by atoms with Gasteiger partial charge in [0.15, 0.2) is 0 Å². The molecule has 0 fully saturated rings. The summed E-state index contributed by atoms with van der Waals surface area (Å²) in [6.45, 7) is 1.71.